The summed E-state index contributed by atoms with van der Waals surface area (Å²) in [6, 6.07) is 13.9. The number of hydrogen-bond acceptors (Lipinski definition) is 2. The fraction of sp³-hybridized carbons (Fsp3) is 0.481. The van der Waals surface area contributed by atoms with E-state index in [0.29, 0.717) is 19.3 Å². The molecule has 0 fully saturated rings. The minimum absolute atomic E-state index is 0.0133. The van der Waals surface area contributed by atoms with E-state index in [1.54, 1.807) is 17.0 Å². The SMILES string of the molecule is CCC(C(=O)NC(C)C)N(Cc1ccc(F)cc1)C(=O)CCc1ccc(C(C)(C)C)cc1. The van der Waals surface area contributed by atoms with Crippen LogP contribution in [0.15, 0.2) is 48.5 Å². The van der Waals surface area contributed by atoms with Crippen molar-refractivity contribution >= 4 is 11.8 Å². The van der Waals surface area contributed by atoms with Crippen LogP contribution in [0.3, 0.4) is 0 Å². The van der Waals surface area contributed by atoms with Crippen LogP contribution in [0, 0.1) is 5.82 Å². The number of nitrogens with zero attached hydrogens (tertiary/aromatic N) is 1. The molecule has 1 atom stereocenters. The van der Waals surface area contributed by atoms with Gasteiger partial charge in [0.05, 0.1) is 0 Å². The van der Waals surface area contributed by atoms with E-state index in [9.17, 15) is 14.0 Å². The van der Waals surface area contributed by atoms with Crippen LogP contribution in [0.1, 0.15) is 71.1 Å². The van der Waals surface area contributed by atoms with Crippen molar-refractivity contribution in [3.05, 3.63) is 71.0 Å². The normalized spacial score (nSPS) is 12.5. The molecule has 0 spiro atoms. The predicted octanol–water partition coefficient (Wildman–Crippen LogP) is 5.39. The van der Waals surface area contributed by atoms with Crippen molar-refractivity contribution in [1.29, 1.82) is 0 Å². The standard InChI is InChI=1S/C27H37FN2O2/c1-7-24(26(32)29-19(2)3)30(18-21-10-15-23(28)16-11-21)25(31)17-12-20-8-13-22(14-9-20)27(4,5)6/h8-11,13-16,19,24H,7,12,17-18H2,1-6H3,(H,29,32). The van der Waals surface area contributed by atoms with E-state index in [2.05, 4.69) is 50.4 Å². The summed E-state index contributed by atoms with van der Waals surface area (Å²) in [6.07, 6.45) is 1.42. The second kappa shape index (κ2) is 11.3. The fourth-order valence-corrected chi connectivity index (χ4v) is 3.65. The smallest absolute Gasteiger partial charge is 0.243 e. The molecule has 1 N–H and O–H groups in total. The Balaban J connectivity index is 2.18. The third kappa shape index (κ3) is 7.47. The molecule has 5 heteroatoms. The number of carbonyl (C=O) groups excluding carboxylic acids is 2. The van der Waals surface area contributed by atoms with Gasteiger partial charge in [-0.2, -0.15) is 0 Å². The third-order valence-corrected chi connectivity index (χ3v) is 5.53. The van der Waals surface area contributed by atoms with Crippen LogP contribution in [-0.4, -0.2) is 28.8 Å². The van der Waals surface area contributed by atoms with Gasteiger partial charge >= 0.3 is 0 Å². The van der Waals surface area contributed by atoms with Crippen LogP contribution in [0.2, 0.25) is 0 Å². The Hall–Kier alpha value is -2.69. The van der Waals surface area contributed by atoms with Gasteiger partial charge in [0.25, 0.3) is 0 Å². The van der Waals surface area contributed by atoms with Gasteiger partial charge in [0.15, 0.2) is 0 Å². The molecule has 4 nitrogen and oxygen atoms in total. The van der Waals surface area contributed by atoms with Gasteiger partial charge in [0.2, 0.25) is 11.8 Å². The maximum atomic E-state index is 13.3. The molecule has 0 aliphatic rings. The summed E-state index contributed by atoms with van der Waals surface area (Å²) in [7, 11) is 0. The number of aryl methyl sites for hydroxylation is 1. The van der Waals surface area contributed by atoms with Crippen LogP contribution >= 0.6 is 0 Å². The van der Waals surface area contributed by atoms with Crippen molar-refractivity contribution in [1.82, 2.24) is 10.2 Å². The minimum Gasteiger partial charge on any atom is -0.352 e. The molecule has 0 aromatic heterocycles. The van der Waals surface area contributed by atoms with Crippen LogP contribution in [0.25, 0.3) is 0 Å². The highest BCUT2D eigenvalue weighted by atomic mass is 19.1. The molecule has 2 aromatic rings. The Morgan fingerprint density at radius 2 is 1.53 bits per heavy atom. The van der Waals surface area contributed by atoms with Crippen molar-refractivity contribution in [2.75, 3.05) is 0 Å². The summed E-state index contributed by atoms with van der Waals surface area (Å²) in [6.45, 7) is 12.5. The minimum atomic E-state index is -0.571. The van der Waals surface area contributed by atoms with Gasteiger partial charge in [-0.05, 0) is 60.9 Å². The van der Waals surface area contributed by atoms with Gasteiger partial charge in [-0.15, -0.1) is 0 Å². The van der Waals surface area contributed by atoms with Crippen LogP contribution in [0.4, 0.5) is 4.39 Å². The Kier molecular flexibility index (Phi) is 8.99. The van der Waals surface area contributed by atoms with Crippen LogP contribution in [-0.2, 0) is 28.0 Å². The monoisotopic (exact) mass is 440 g/mol. The maximum Gasteiger partial charge on any atom is 0.243 e. The quantitative estimate of drug-likeness (QED) is 0.568. The lowest BCUT2D eigenvalue weighted by atomic mass is 9.86. The van der Waals surface area contributed by atoms with Gasteiger partial charge in [-0.25, -0.2) is 4.39 Å². The number of halogens is 1. The number of rotatable bonds is 9. The Bertz CT molecular complexity index is 883. The van der Waals surface area contributed by atoms with E-state index in [1.807, 2.05) is 20.8 Å². The van der Waals surface area contributed by atoms with Gasteiger partial charge in [-0.3, -0.25) is 9.59 Å². The summed E-state index contributed by atoms with van der Waals surface area (Å²) in [5, 5.41) is 2.93. The van der Waals surface area contributed by atoms with Crippen LogP contribution in [0.5, 0.6) is 0 Å². The molecule has 1 unspecified atom stereocenters. The lowest BCUT2D eigenvalue weighted by molar-refractivity contribution is -0.141. The maximum absolute atomic E-state index is 13.3. The van der Waals surface area contributed by atoms with Crippen LogP contribution < -0.4 is 5.32 Å². The molecule has 174 valence electrons. The lowest BCUT2D eigenvalue weighted by Crippen LogP contribution is -2.50. The van der Waals surface area contributed by atoms with Crippen molar-refractivity contribution in [2.45, 2.75) is 84.8 Å². The molecule has 0 aliphatic carbocycles. The number of amides is 2. The molecule has 32 heavy (non-hydrogen) atoms. The van der Waals surface area contributed by atoms with Gasteiger partial charge in [-0.1, -0.05) is 64.1 Å². The summed E-state index contributed by atoms with van der Waals surface area (Å²) in [5.41, 5.74) is 3.22. The molecule has 0 radical (unpaired) electrons. The zero-order valence-electron chi connectivity index (χ0n) is 20.2. The van der Waals surface area contributed by atoms with E-state index in [-0.39, 0.29) is 35.6 Å². The first-order chi connectivity index (χ1) is 15.0. The van der Waals surface area contributed by atoms with Crippen molar-refractivity contribution in [3.63, 3.8) is 0 Å². The molecule has 0 saturated carbocycles. The first-order valence-corrected chi connectivity index (χ1v) is 11.4. The Morgan fingerprint density at radius 1 is 0.969 bits per heavy atom. The van der Waals surface area contributed by atoms with E-state index >= 15 is 0 Å². The van der Waals surface area contributed by atoms with E-state index in [0.717, 1.165) is 11.1 Å². The second-order valence-corrected chi connectivity index (χ2v) is 9.68. The zero-order valence-corrected chi connectivity index (χ0v) is 20.2. The topological polar surface area (TPSA) is 49.4 Å². The molecule has 2 rings (SSSR count). The third-order valence-electron chi connectivity index (χ3n) is 5.53. The molecular weight excluding hydrogens is 403 g/mol. The van der Waals surface area contributed by atoms with Crippen molar-refractivity contribution in [2.24, 2.45) is 0 Å². The summed E-state index contributed by atoms with van der Waals surface area (Å²) < 4.78 is 13.3. The van der Waals surface area contributed by atoms with E-state index < -0.39 is 6.04 Å². The zero-order chi connectivity index (χ0) is 23.9. The highest BCUT2D eigenvalue weighted by molar-refractivity contribution is 5.87. The number of benzene rings is 2. The molecular formula is C27H37FN2O2. The van der Waals surface area contributed by atoms with Gasteiger partial charge in [0.1, 0.15) is 11.9 Å². The average molecular weight is 441 g/mol. The molecule has 2 amide bonds. The first-order valence-electron chi connectivity index (χ1n) is 11.4. The Morgan fingerprint density at radius 3 is 2.03 bits per heavy atom. The van der Waals surface area contributed by atoms with Crippen molar-refractivity contribution in [3.8, 4) is 0 Å². The van der Waals surface area contributed by atoms with E-state index in [4.69, 9.17) is 0 Å². The van der Waals surface area contributed by atoms with E-state index in [1.165, 1.54) is 17.7 Å². The summed E-state index contributed by atoms with van der Waals surface area (Å²) >= 11 is 0. The van der Waals surface area contributed by atoms with Crippen molar-refractivity contribution < 1.29 is 14.0 Å². The Labute approximate surface area is 192 Å². The molecule has 0 aliphatic heterocycles. The van der Waals surface area contributed by atoms with Gasteiger partial charge in [0, 0.05) is 19.0 Å². The average Bonchev–Trinajstić information content (AvgIpc) is 2.72. The molecule has 0 saturated heterocycles. The largest absolute Gasteiger partial charge is 0.352 e. The predicted molar refractivity (Wildman–Crippen MR) is 128 cm³/mol. The fourth-order valence-electron chi connectivity index (χ4n) is 3.65. The lowest BCUT2D eigenvalue weighted by Gasteiger charge is -2.31. The molecule has 2 aromatic carbocycles. The summed E-state index contributed by atoms with van der Waals surface area (Å²) in [4.78, 5) is 27.7. The number of hydrogen-bond donors (Lipinski definition) is 1. The summed E-state index contributed by atoms with van der Waals surface area (Å²) in [5.74, 6) is -0.567. The highest BCUT2D eigenvalue weighted by Gasteiger charge is 2.28. The highest BCUT2D eigenvalue weighted by Crippen LogP contribution is 2.23. The first kappa shape index (κ1) is 25.6. The number of carbonyl (C=O) groups is 2. The number of nitrogens with one attached hydrogen (secondary N) is 1. The van der Waals surface area contributed by atoms with Gasteiger partial charge < -0.3 is 10.2 Å². The second-order valence-electron chi connectivity index (χ2n) is 9.68. The molecule has 0 bridgehead atoms. The molecule has 0 heterocycles.